The number of fused-ring (bicyclic) bond motifs is 16. The van der Waals surface area contributed by atoms with Crippen molar-refractivity contribution in [1.29, 1.82) is 0 Å². The number of hydrogen-bond donors (Lipinski definition) is 2. The standard InChI is InChI=1S/C136H160O8/c1-85-31-43-91(44-32-85)79-139-123-101-55-97-63-113(129(7,8)9)65-99(121(97)137)57-103-69-116(132(16,17)18)71-105(124(103)140-80-92-45-33-86(2)34-46-92)59-107-73-118(134(22,23)24)75-109(126(107)142-82-94-49-37-88(4)38-50-94)61-111-77-120(136(28,29)30)78-112(128(111)144-84-96-53-41-90(6)42-54-96)62-110-76-119(135(25,26)27)74-108(127(110)143-83-95-51-39-89(5)40-52-95)60-106-72-117(133(19,20)21)70-104(125(106)141-81-93-47-35-87(3)36-48-93)58-100-66-114(130(10,11)12)64-98(122(100)138)56-102(123)68-115(67-101)131(13,14)15/h31-54,63-78,137-138H,55-62,79-84H2,1-30H3. The Balaban J connectivity index is 1.07. The van der Waals surface area contributed by atoms with Crippen molar-refractivity contribution in [3.63, 3.8) is 0 Å². The second kappa shape index (κ2) is 42.3. The van der Waals surface area contributed by atoms with Gasteiger partial charge in [-0.2, -0.15) is 0 Å². The number of rotatable bonds is 18. The third kappa shape index (κ3) is 26.2. The highest BCUT2D eigenvalue weighted by Gasteiger charge is 2.35. The van der Waals surface area contributed by atoms with Gasteiger partial charge in [0.2, 0.25) is 0 Å². The number of benzene rings is 14. The van der Waals surface area contributed by atoms with E-state index in [2.05, 4.69) is 450 Å². The molecule has 8 heteroatoms. The van der Waals surface area contributed by atoms with E-state index < -0.39 is 0 Å². The zero-order valence-corrected chi connectivity index (χ0v) is 92.3. The fraction of sp³-hybridized carbons (Fsp3) is 0.382. The van der Waals surface area contributed by atoms with E-state index in [0.29, 0.717) is 84.4 Å². The Morgan fingerprint density at radius 3 is 0.361 bits per heavy atom. The average Bonchev–Trinajstić information content (AvgIpc) is 0.765. The number of hydrogen-bond acceptors (Lipinski definition) is 8. The number of aryl methyl sites for hydroxylation is 6. The monoisotopic (exact) mass is 1920 g/mol. The first-order valence-electron chi connectivity index (χ1n) is 52.3. The minimum atomic E-state index is -0.369. The topological polar surface area (TPSA) is 95.8 Å². The molecule has 8 nitrogen and oxygen atoms in total. The molecule has 1 aliphatic carbocycles. The lowest BCUT2D eigenvalue weighted by molar-refractivity contribution is 0.294. The van der Waals surface area contributed by atoms with E-state index in [0.717, 1.165) is 190 Å². The predicted octanol–water partition coefficient (Wildman–Crippen LogP) is 33.8. The normalized spacial score (nSPS) is 13.2. The average molecular weight is 1920 g/mol. The highest BCUT2D eigenvalue weighted by Crippen LogP contribution is 2.50. The van der Waals surface area contributed by atoms with Crippen LogP contribution in [-0.2, 0) is 134 Å². The van der Waals surface area contributed by atoms with E-state index in [9.17, 15) is 10.2 Å². The molecule has 14 aromatic carbocycles. The minimum Gasteiger partial charge on any atom is -0.507 e. The van der Waals surface area contributed by atoms with Crippen LogP contribution < -0.4 is 28.4 Å². The Bertz CT molecular complexity index is 6590. The van der Waals surface area contributed by atoms with Crippen LogP contribution in [0.2, 0.25) is 0 Å². The molecule has 2 N–H and O–H groups in total. The van der Waals surface area contributed by atoms with Crippen LogP contribution in [0.5, 0.6) is 46.0 Å². The van der Waals surface area contributed by atoms with Gasteiger partial charge >= 0.3 is 0 Å². The molecule has 0 fully saturated rings. The van der Waals surface area contributed by atoms with Crippen molar-refractivity contribution in [3.8, 4) is 46.0 Å². The van der Waals surface area contributed by atoms with Gasteiger partial charge in [-0.1, -0.05) is 442 Å². The molecule has 752 valence electrons. The maximum atomic E-state index is 14.0. The van der Waals surface area contributed by atoms with Crippen LogP contribution >= 0.6 is 0 Å². The molecule has 0 spiro atoms. The first-order valence-corrected chi connectivity index (χ1v) is 52.3. The lowest BCUT2D eigenvalue weighted by Gasteiger charge is -2.29. The van der Waals surface area contributed by atoms with Gasteiger partial charge in [-0.05, 0) is 252 Å². The van der Waals surface area contributed by atoms with E-state index >= 15 is 0 Å². The van der Waals surface area contributed by atoms with Gasteiger partial charge < -0.3 is 38.6 Å². The first-order chi connectivity index (χ1) is 67.6. The summed E-state index contributed by atoms with van der Waals surface area (Å²) >= 11 is 0. The molecule has 0 atom stereocenters. The zero-order chi connectivity index (χ0) is 104. The van der Waals surface area contributed by atoms with Crippen molar-refractivity contribution in [2.45, 2.75) is 342 Å². The molecule has 1 aliphatic rings. The maximum Gasteiger partial charge on any atom is 0.126 e. The quantitative estimate of drug-likeness (QED) is 0.0877. The van der Waals surface area contributed by atoms with Crippen molar-refractivity contribution in [2.75, 3.05) is 0 Å². The van der Waals surface area contributed by atoms with Crippen LogP contribution in [0.1, 0.15) is 366 Å². The molecule has 15 rings (SSSR count). The summed E-state index contributed by atoms with van der Waals surface area (Å²) in [5.74, 6) is 5.14. The number of phenols is 2. The van der Waals surface area contributed by atoms with Gasteiger partial charge in [0.15, 0.2) is 0 Å². The summed E-state index contributed by atoms with van der Waals surface area (Å²) in [6, 6.07) is 90.0. The van der Waals surface area contributed by atoms with Crippen LogP contribution in [-0.4, -0.2) is 10.2 Å². The second-order valence-electron chi connectivity index (χ2n) is 50.1. The SMILES string of the molecule is Cc1ccc(COc2c3cc(C(C)(C)C)cc2Cc2cc(C(C)(C)C)cc(c2O)Cc2cc(C(C)(C)C)cc(c2OCc2ccc(C)cc2)Cc2cc(C(C)(C)C)cc(c2OCc2ccc(C)cc2)Cc2cc(C(C)(C)C)cc(c2OCc2ccc(C)cc2)Cc2cc(C(C)(C)C)cc(c2OCc2ccc(C)cc2)Cc2cc(C(C)(C)C)cc(c2OCc2ccc(C)cc2)Cc2cc(C(C)(C)C)cc(c2O)C3)cc1. The molecule has 0 amide bonds. The van der Waals surface area contributed by atoms with E-state index in [1.54, 1.807) is 0 Å². The lowest BCUT2D eigenvalue weighted by Crippen LogP contribution is -2.17. The largest absolute Gasteiger partial charge is 0.507 e. The highest BCUT2D eigenvalue weighted by molar-refractivity contribution is 5.64. The van der Waals surface area contributed by atoms with Crippen LogP contribution in [0, 0.1) is 41.5 Å². The van der Waals surface area contributed by atoms with E-state index in [1.807, 2.05) is 0 Å². The van der Waals surface area contributed by atoms with Crippen LogP contribution in [0.25, 0.3) is 0 Å². The van der Waals surface area contributed by atoms with Crippen molar-refractivity contribution >= 4 is 0 Å². The summed E-state index contributed by atoms with van der Waals surface area (Å²) in [5, 5.41) is 28.0. The van der Waals surface area contributed by atoms with Crippen molar-refractivity contribution in [3.05, 3.63) is 443 Å². The van der Waals surface area contributed by atoms with Crippen molar-refractivity contribution in [1.82, 2.24) is 0 Å². The van der Waals surface area contributed by atoms with Gasteiger partial charge in [-0.15, -0.1) is 0 Å². The second-order valence-corrected chi connectivity index (χ2v) is 50.1. The van der Waals surface area contributed by atoms with Gasteiger partial charge in [0, 0.05) is 51.4 Å². The third-order valence-electron chi connectivity index (χ3n) is 29.0. The van der Waals surface area contributed by atoms with Gasteiger partial charge in [0.25, 0.3) is 0 Å². The molecule has 0 aromatic heterocycles. The van der Waals surface area contributed by atoms with Crippen LogP contribution in [0.4, 0.5) is 0 Å². The summed E-state index contributed by atoms with van der Waals surface area (Å²) < 4.78 is 46.3. The molecular weight excluding hydrogens is 1760 g/mol. The molecule has 0 saturated heterocycles. The van der Waals surface area contributed by atoms with Gasteiger partial charge in [0.1, 0.15) is 85.6 Å². The van der Waals surface area contributed by atoms with Crippen LogP contribution in [0.3, 0.4) is 0 Å². The fourth-order valence-corrected chi connectivity index (χ4v) is 19.4. The summed E-state index contributed by atoms with van der Waals surface area (Å²) in [4.78, 5) is 0. The molecular formula is C136H160O8. The molecule has 14 aromatic rings. The molecule has 0 aliphatic heterocycles. The molecule has 16 bridgehead atoms. The van der Waals surface area contributed by atoms with E-state index in [1.165, 1.54) is 44.5 Å². The predicted molar refractivity (Wildman–Crippen MR) is 600 cm³/mol. The van der Waals surface area contributed by atoms with Gasteiger partial charge in [0.05, 0.1) is 0 Å². The Kier molecular flexibility index (Phi) is 31.0. The molecule has 144 heavy (non-hydrogen) atoms. The summed E-state index contributed by atoms with van der Waals surface area (Å²) in [6.45, 7) is 70.0. The third-order valence-corrected chi connectivity index (χ3v) is 29.0. The maximum absolute atomic E-state index is 14.0. The van der Waals surface area contributed by atoms with Gasteiger partial charge in [-0.3, -0.25) is 0 Å². The number of aromatic hydroxyl groups is 2. The Hall–Kier alpha value is -12.5. The van der Waals surface area contributed by atoms with Crippen molar-refractivity contribution < 1.29 is 38.6 Å². The lowest BCUT2D eigenvalue weighted by atomic mass is 9.79. The molecule has 0 heterocycles. The summed E-state index contributed by atoms with van der Waals surface area (Å²) in [6.07, 6.45) is 3.08. The first kappa shape index (κ1) is 106. The molecule has 0 unspecified atom stereocenters. The summed E-state index contributed by atoms with van der Waals surface area (Å²) in [5.41, 5.74) is 34.8. The molecule has 0 saturated carbocycles. The van der Waals surface area contributed by atoms with E-state index in [4.69, 9.17) is 28.4 Å². The van der Waals surface area contributed by atoms with E-state index in [-0.39, 0.29) is 61.4 Å². The fourth-order valence-electron chi connectivity index (χ4n) is 19.4. The Labute approximate surface area is 863 Å². The minimum absolute atomic E-state index is 0.222. The zero-order valence-electron chi connectivity index (χ0n) is 92.3. The van der Waals surface area contributed by atoms with Crippen LogP contribution in [0.15, 0.2) is 243 Å². The Morgan fingerprint density at radius 1 is 0.160 bits per heavy atom. The Morgan fingerprint density at radius 2 is 0.257 bits per heavy atom. The number of ether oxygens (including phenoxy) is 6. The van der Waals surface area contributed by atoms with Gasteiger partial charge in [-0.25, -0.2) is 0 Å². The van der Waals surface area contributed by atoms with Crippen molar-refractivity contribution in [2.24, 2.45) is 0 Å². The highest BCUT2D eigenvalue weighted by atomic mass is 16.5. The number of phenolic OH excluding ortho intramolecular Hbond substituents is 2. The smallest absolute Gasteiger partial charge is 0.126 e. The summed E-state index contributed by atoms with van der Waals surface area (Å²) in [7, 11) is 0. The molecule has 0 radical (unpaired) electrons.